The third-order valence-corrected chi connectivity index (χ3v) is 8.77. The van der Waals surface area contributed by atoms with Gasteiger partial charge in [-0.15, -0.1) is 0 Å². The van der Waals surface area contributed by atoms with E-state index in [0.717, 1.165) is 43.1 Å². The number of fused-ring (bicyclic) bond motifs is 1. The van der Waals surface area contributed by atoms with Crippen LogP contribution < -0.4 is 25.1 Å². The van der Waals surface area contributed by atoms with Gasteiger partial charge in [0.25, 0.3) is 11.5 Å². The van der Waals surface area contributed by atoms with E-state index in [-0.39, 0.29) is 11.5 Å². The minimum atomic E-state index is -0.600. The van der Waals surface area contributed by atoms with Crippen LogP contribution in [0.15, 0.2) is 99.9 Å². The summed E-state index contributed by atoms with van der Waals surface area (Å²) in [6, 6.07) is 25.2. The quantitative estimate of drug-likeness (QED) is 0.356. The van der Waals surface area contributed by atoms with Crippen LogP contribution >= 0.6 is 11.3 Å². The molecule has 0 bridgehead atoms. The molecule has 3 aromatic carbocycles. The number of hydrogen-bond acceptors (Lipinski definition) is 6. The molecule has 0 spiro atoms. The number of ether oxygens (including phenoxy) is 1. The Balaban J connectivity index is 1.41. The maximum atomic E-state index is 14.0. The molecule has 42 heavy (non-hydrogen) atoms. The van der Waals surface area contributed by atoms with Gasteiger partial charge in [0, 0.05) is 24.5 Å². The molecule has 4 aromatic rings. The summed E-state index contributed by atoms with van der Waals surface area (Å²) < 4.78 is 7.73. The molecular formula is C34H34N4O3S. The number of benzene rings is 3. The molecule has 2 aliphatic heterocycles. The van der Waals surface area contributed by atoms with Gasteiger partial charge in [0.2, 0.25) is 0 Å². The van der Waals surface area contributed by atoms with Crippen molar-refractivity contribution in [3.63, 3.8) is 0 Å². The lowest BCUT2D eigenvalue weighted by atomic mass is 9.93. The van der Waals surface area contributed by atoms with Crippen molar-refractivity contribution in [1.29, 1.82) is 0 Å². The molecule has 1 fully saturated rings. The molecule has 0 radical (unpaired) electrons. The second-order valence-corrected chi connectivity index (χ2v) is 11.9. The number of para-hydroxylation sites is 1. The third-order valence-electron chi connectivity index (χ3n) is 7.78. The van der Waals surface area contributed by atoms with Gasteiger partial charge in [0.05, 0.1) is 35.1 Å². The summed E-state index contributed by atoms with van der Waals surface area (Å²) in [4.78, 5) is 35.4. The lowest BCUT2D eigenvalue weighted by molar-refractivity contribution is -0.113. The lowest BCUT2D eigenvalue weighted by Crippen LogP contribution is -2.40. The number of nitrogens with one attached hydrogen (secondary N) is 1. The van der Waals surface area contributed by atoms with Gasteiger partial charge in [-0.2, -0.15) is 0 Å². The first-order valence-corrected chi connectivity index (χ1v) is 15.1. The van der Waals surface area contributed by atoms with E-state index in [1.165, 1.54) is 16.9 Å². The first-order chi connectivity index (χ1) is 20.4. The summed E-state index contributed by atoms with van der Waals surface area (Å²) in [5.41, 5.74) is 5.74. The largest absolute Gasteiger partial charge is 0.378 e. The average molecular weight is 579 g/mol. The van der Waals surface area contributed by atoms with Crippen molar-refractivity contribution < 1.29 is 9.53 Å². The molecule has 2 aliphatic rings. The smallest absolute Gasteiger partial charge is 0.271 e. The highest BCUT2D eigenvalue weighted by atomic mass is 32.1. The first-order valence-electron chi connectivity index (χ1n) is 14.3. The minimum Gasteiger partial charge on any atom is -0.378 e. The van der Waals surface area contributed by atoms with E-state index in [0.29, 0.717) is 32.2 Å². The zero-order valence-electron chi connectivity index (χ0n) is 24.0. The molecule has 1 amide bonds. The highest BCUT2D eigenvalue weighted by Crippen LogP contribution is 2.31. The fraction of sp³-hybridized carbons (Fsp3) is 0.265. The zero-order chi connectivity index (χ0) is 29.2. The summed E-state index contributed by atoms with van der Waals surface area (Å²) in [6.45, 7) is 9.34. The molecule has 0 saturated carbocycles. The maximum absolute atomic E-state index is 14.0. The second kappa shape index (κ2) is 11.9. The SMILES string of the molecule is CC1=C(C(=O)Nc2ccccc2)[C@H](c2ccc(C(C)C)cc2)n2c(s/c(=C/c3ccc(N4CCOCC4)cc3)c2=O)=N1. The van der Waals surface area contributed by atoms with E-state index in [2.05, 4.69) is 48.3 Å². The number of anilines is 2. The van der Waals surface area contributed by atoms with Crippen LogP contribution in [-0.4, -0.2) is 36.8 Å². The van der Waals surface area contributed by atoms with E-state index < -0.39 is 6.04 Å². The molecule has 7 nitrogen and oxygen atoms in total. The van der Waals surface area contributed by atoms with Crippen molar-refractivity contribution in [1.82, 2.24) is 4.57 Å². The first kappa shape index (κ1) is 27.9. The molecule has 1 saturated heterocycles. The fourth-order valence-electron chi connectivity index (χ4n) is 5.46. The van der Waals surface area contributed by atoms with Gasteiger partial charge < -0.3 is 15.0 Å². The molecule has 1 aromatic heterocycles. The Hall–Kier alpha value is -4.27. The lowest BCUT2D eigenvalue weighted by Gasteiger charge is -2.28. The molecule has 0 aliphatic carbocycles. The van der Waals surface area contributed by atoms with Crippen molar-refractivity contribution in [3.8, 4) is 0 Å². The van der Waals surface area contributed by atoms with E-state index in [9.17, 15) is 9.59 Å². The predicted octanol–water partition coefficient (Wildman–Crippen LogP) is 4.83. The van der Waals surface area contributed by atoms with Gasteiger partial charge in [-0.05, 0) is 59.9 Å². The van der Waals surface area contributed by atoms with Gasteiger partial charge >= 0.3 is 0 Å². The Morgan fingerprint density at radius 2 is 1.69 bits per heavy atom. The molecular weight excluding hydrogens is 544 g/mol. The number of carbonyl (C=O) groups is 1. The monoisotopic (exact) mass is 578 g/mol. The Morgan fingerprint density at radius 1 is 1.00 bits per heavy atom. The van der Waals surface area contributed by atoms with Gasteiger partial charge in [-0.25, -0.2) is 4.99 Å². The number of morpholine rings is 1. The van der Waals surface area contributed by atoms with Crippen molar-refractivity contribution in [2.45, 2.75) is 32.7 Å². The van der Waals surface area contributed by atoms with Crippen LogP contribution in [-0.2, 0) is 9.53 Å². The topological polar surface area (TPSA) is 75.9 Å². The average Bonchev–Trinajstić information content (AvgIpc) is 3.31. The van der Waals surface area contributed by atoms with E-state index in [4.69, 9.17) is 9.73 Å². The van der Waals surface area contributed by atoms with Crippen molar-refractivity contribution in [3.05, 3.63) is 127 Å². The Kier molecular flexibility index (Phi) is 7.91. The van der Waals surface area contributed by atoms with Crippen LogP contribution in [0.2, 0.25) is 0 Å². The summed E-state index contributed by atoms with van der Waals surface area (Å²) >= 11 is 1.35. The molecule has 8 heteroatoms. The van der Waals surface area contributed by atoms with Gasteiger partial charge in [-0.3, -0.25) is 14.2 Å². The predicted molar refractivity (Wildman–Crippen MR) is 169 cm³/mol. The molecule has 214 valence electrons. The molecule has 3 heterocycles. The van der Waals surface area contributed by atoms with E-state index in [1.54, 1.807) is 4.57 Å². The molecule has 1 atom stereocenters. The zero-order valence-corrected chi connectivity index (χ0v) is 24.9. The normalized spacial score (nSPS) is 17.3. The Labute approximate surface area is 249 Å². The number of rotatable bonds is 6. The van der Waals surface area contributed by atoms with E-state index >= 15 is 0 Å². The van der Waals surface area contributed by atoms with Gasteiger partial charge in [-0.1, -0.05) is 79.8 Å². The van der Waals surface area contributed by atoms with Crippen molar-refractivity contribution in [2.75, 3.05) is 36.5 Å². The summed E-state index contributed by atoms with van der Waals surface area (Å²) in [5.74, 6) is 0.0992. The summed E-state index contributed by atoms with van der Waals surface area (Å²) in [7, 11) is 0. The molecule has 1 N–H and O–H groups in total. The number of aromatic nitrogens is 1. The fourth-order valence-corrected chi connectivity index (χ4v) is 6.51. The second-order valence-electron chi connectivity index (χ2n) is 10.9. The van der Waals surface area contributed by atoms with Gasteiger partial charge in [0.15, 0.2) is 4.80 Å². The maximum Gasteiger partial charge on any atom is 0.271 e. The highest BCUT2D eigenvalue weighted by molar-refractivity contribution is 7.07. The Morgan fingerprint density at radius 3 is 2.36 bits per heavy atom. The van der Waals surface area contributed by atoms with Crippen LogP contribution in [0.1, 0.15) is 49.4 Å². The van der Waals surface area contributed by atoms with Crippen LogP contribution in [0.3, 0.4) is 0 Å². The number of thiazole rings is 1. The third kappa shape index (κ3) is 5.60. The van der Waals surface area contributed by atoms with E-state index in [1.807, 2.05) is 67.6 Å². The van der Waals surface area contributed by atoms with Crippen molar-refractivity contribution in [2.24, 2.45) is 4.99 Å². The summed E-state index contributed by atoms with van der Waals surface area (Å²) in [6.07, 6.45) is 1.91. The summed E-state index contributed by atoms with van der Waals surface area (Å²) in [5, 5.41) is 3.01. The standard InChI is InChI=1S/C34H34N4O3S/c1-22(2)25-11-13-26(14-12-25)31-30(32(39)36-27-7-5-4-6-8-27)23(3)35-34-38(31)33(40)29(42-34)21-24-9-15-28(16-10-24)37-17-19-41-20-18-37/h4-16,21-22,31H,17-20H2,1-3H3,(H,36,39)/b29-21+/t31-/m0/s1. The van der Waals surface area contributed by atoms with Crippen LogP contribution in [0.25, 0.3) is 6.08 Å². The number of allylic oxidation sites excluding steroid dienone is 1. The number of amides is 1. The minimum absolute atomic E-state index is 0.161. The number of carbonyl (C=O) groups excluding carboxylic acids is 1. The van der Waals surface area contributed by atoms with Crippen molar-refractivity contribution >= 4 is 34.7 Å². The van der Waals surface area contributed by atoms with Crippen LogP contribution in [0.4, 0.5) is 11.4 Å². The molecule has 6 rings (SSSR count). The van der Waals surface area contributed by atoms with Gasteiger partial charge in [0.1, 0.15) is 0 Å². The number of hydrogen-bond donors (Lipinski definition) is 1. The number of nitrogens with zero attached hydrogens (tertiary/aromatic N) is 3. The molecule has 0 unspecified atom stereocenters. The van der Waals surface area contributed by atoms with Crippen LogP contribution in [0, 0.1) is 0 Å². The highest BCUT2D eigenvalue weighted by Gasteiger charge is 2.32. The van der Waals surface area contributed by atoms with Crippen LogP contribution in [0.5, 0.6) is 0 Å². The Bertz CT molecular complexity index is 1800.